The van der Waals surface area contributed by atoms with Crippen LogP contribution in [0.2, 0.25) is 5.02 Å². The van der Waals surface area contributed by atoms with Crippen LogP contribution < -0.4 is 5.32 Å². The predicted molar refractivity (Wildman–Crippen MR) is 112 cm³/mol. The molecule has 0 spiro atoms. The number of fused-ring (bicyclic) bond motifs is 1. The summed E-state index contributed by atoms with van der Waals surface area (Å²) in [5.74, 6) is -1.10. The van der Waals surface area contributed by atoms with E-state index in [1.165, 1.54) is 12.1 Å². The van der Waals surface area contributed by atoms with E-state index in [0.29, 0.717) is 21.9 Å². The van der Waals surface area contributed by atoms with Gasteiger partial charge in [-0.25, -0.2) is 13.8 Å². The summed E-state index contributed by atoms with van der Waals surface area (Å²) >= 11 is 6.16. The van der Waals surface area contributed by atoms with E-state index in [1.807, 2.05) is 0 Å². The summed E-state index contributed by atoms with van der Waals surface area (Å²) in [6, 6.07) is 6.45. The first-order valence-electron chi connectivity index (χ1n) is 9.88. The fraction of sp³-hybridized carbons (Fsp3) is 0.409. The molecular formula is C22H26ClF2N3. The minimum absolute atomic E-state index is 0.0774. The maximum atomic E-state index is 14.7. The number of rotatable bonds is 9. The minimum atomic E-state index is -0.550. The summed E-state index contributed by atoms with van der Waals surface area (Å²) in [7, 11) is 0. The van der Waals surface area contributed by atoms with Gasteiger partial charge in [-0.2, -0.15) is 0 Å². The van der Waals surface area contributed by atoms with Gasteiger partial charge in [0, 0.05) is 41.0 Å². The molecule has 150 valence electrons. The fourth-order valence-electron chi connectivity index (χ4n) is 3.47. The molecule has 0 aliphatic carbocycles. The molecule has 0 radical (unpaired) electrons. The van der Waals surface area contributed by atoms with Crippen LogP contribution >= 0.6 is 11.6 Å². The van der Waals surface area contributed by atoms with Crippen molar-refractivity contribution in [2.24, 2.45) is 0 Å². The molecule has 28 heavy (non-hydrogen) atoms. The van der Waals surface area contributed by atoms with Crippen LogP contribution in [0.5, 0.6) is 0 Å². The molecule has 0 aliphatic rings. The van der Waals surface area contributed by atoms with Gasteiger partial charge >= 0.3 is 0 Å². The van der Waals surface area contributed by atoms with Gasteiger partial charge in [-0.3, -0.25) is 0 Å². The molecule has 6 heteroatoms. The molecule has 2 N–H and O–H groups in total. The summed E-state index contributed by atoms with van der Waals surface area (Å²) in [5, 5.41) is 4.60. The third kappa shape index (κ3) is 4.70. The lowest BCUT2D eigenvalue weighted by atomic mass is 10.0. The van der Waals surface area contributed by atoms with Gasteiger partial charge < -0.3 is 10.3 Å². The molecule has 0 fully saturated rings. The standard InChI is InChI=1S/C22H26ClF2N3/c1-3-5-7-15(6-4-2)27-13-17-19(24)10-14(11-20(17)25)21-12-16-18(23)8-9-26-22(16)28-21/h8-12,15,27H,3-7,13H2,1-2H3,(H,26,28). The first kappa shape index (κ1) is 20.7. The average molecular weight is 406 g/mol. The zero-order chi connectivity index (χ0) is 20.1. The van der Waals surface area contributed by atoms with Crippen molar-refractivity contribution in [3.05, 3.63) is 52.7 Å². The molecule has 0 bridgehead atoms. The van der Waals surface area contributed by atoms with Gasteiger partial charge in [0.05, 0.1) is 5.02 Å². The van der Waals surface area contributed by atoms with Crippen LogP contribution in [0.25, 0.3) is 22.3 Å². The van der Waals surface area contributed by atoms with Crippen molar-refractivity contribution in [3.8, 4) is 11.3 Å². The van der Waals surface area contributed by atoms with Crippen molar-refractivity contribution in [2.75, 3.05) is 0 Å². The largest absolute Gasteiger partial charge is 0.339 e. The van der Waals surface area contributed by atoms with Crippen molar-refractivity contribution >= 4 is 22.6 Å². The highest BCUT2D eigenvalue weighted by Gasteiger charge is 2.16. The summed E-state index contributed by atoms with van der Waals surface area (Å²) < 4.78 is 29.4. The van der Waals surface area contributed by atoms with Crippen molar-refractivity contribution in [1.29, 1.82) is 0 Å². The second kappa shape index (κ2) is 9.48. The van der Waals surface area contributed by atoms with Crippen LogP contribution in [0, 0.1) is 11.6 Å². The van der Waals surface area contributed by atoms with E-state index < -0.39 is 11.6 Å². The van der Waals surface area contributed by atoms with Crippen molar-refractivity contribution in [3.63, 3.8) is 0 Å². The lowest BCUT2D eigenvalue weighted by Gasteiger charge is -2.18. The average Bonchev–Trinajstić information content (AvgIpc) is 3.11. The highest BCUT2D eigenvalue weighted by molar-refractivity contribution is 6.35. The first-order valence-corrected chi connectivity index (χ1v) is 10.3. The van der Waals surface area contributed by atoms with E-state index in [0.717, 1.165) is 37.5 Å². The van der Waals surface area contributed by atoms with Gasteiger partial charge in [-0.15, -0.1) is 0 Å². The lowest BCUT2D eigenvalue weighted by molar-refractivity contribution is 0.422. The molecule has 0 aliphatic heterocycles. The molecule has 1 unspecified atom stereocenters. The quantitative estimate of drug-likeness (QED) is 0.420. The zero-order valence-corrected chi connectivity index (χ0v) is 17.0. The van der Waals surface area contributed by atoms with E-state index in [1.54, 1.807) is 18.3 Å². The molecule has 0 saturated carbocycles. The molecule has 0 saturated heterocycles. The van der Waals surface area contributed by atoms with Crippen molar-refractivity contribution in [1.82, 2.24) is 15.3 Å². The molecule has 0 amide bonds. The third-order valence-electron chi connectivity index (χ3n) is 5.04. The van der Waals surface area contributed by atoms with Crippen LogP contribution in [-0.2, 0) is 6.54 Å². The van der Waals surface area contributed by atoms with Gasteiger partial charge in [0.2, 0.25) is 0 Å². The normalized spacial score (nSPS) is 12.6. The number of unbranched alkanes of at least 4 members (excludes halogenated alkanes) is 1. The number of nitrogens with one attached hydrogen (secondary N) is 2. The Morgan fingerprint density at radius 2 is 1.86 bits per heavy atom. The van der Waals surface area contributed by atoms with E-state index in [4.69, 9.17) is 11.6 Å². The van der Waals surface area contributed by atoms with E-state index in [9.17, 15) is 8.78 Å². The third-order valence-corrected chi connectivity index (χ3v) is 5.37. The maximum Gasteiger partial charge on any atom is 0.139 e. The topological polar surface area (TPSA) is 40.7 Å². The van der Waals surface area contributed by atoms with Crippen LogP contribution in [0.1, 0.15) is 51.5 Å². The van der Waals surface area contributed by atoms with Crippen molar-refractivity contribution < 1.29 is 8.78 Å². The Bertz CT molecular complexity index is 916. The van der Waals surface area contributed by atoms with Crippen LogP contribution in [0.4, 0.5) is 8.78 Å². The monoisotopic (exact) mass is 405 g/mol. The van der Waals surface area contributed by atoms with Gasteiger partial charge in [-0.05, 0) is 37.1 Å². The first-order chi connectivity index (χ1) is 13.5. The van der Waals surface area contributed by atoms with Gasteiger partial charge in [0.15, 0.2) is 0 Å². The number of pyridine rings is 1. The predicted octanol–water partition coefficient (Wildman–Crippen LogP) is 6.61. The molecular weight excluding hydrogens is 380 g/mol. The summed E-state index contributed by atoms with van der Waals surface area (Å²) in [6.45, 7) is 4.46. The van der Waals surface area contributed by atoms with Crippen LogP contribution in [-0.4, -0.2) is 16.0 Å². The number of hydrogen-bond donors (Lipinski definition) is 2. The number of nitrogens with zero attached hydrogens (tertiary/aromatic N) is 1. The highest BCUT2D eigenvalue weighted by atomic mass is 35.5. The summed E-state index contributed by atoms with van der Waals surface area (Å²) in [5.41, 5.74) is 1.68. The Hall–Kier alpha value is -1.98. The van der Waals surface area contributed by atoms with Gasteiger partial charge in [0.25, 0.3) is 0 Å². The number of benzene rings is 1. The number of aromatic amines is 1. The summed E-state index contributed by atoms with van der Waals surface area (Å²) in [4.78, 5) is 7.28. The molecule has 3 nitrogen and oxygen atoms in total. The molecule has 3 rings (SSSR count). The van der Waals surface area contributed by atoms with Gasteiger partial charge in [-0.1, -0.05) is 44.7 Å². The van der Waals surface area contributed by atoms with E-state index in [2.05, 4.69) is 29.1 Å². The van der Waals surface area contributed by atoms with Gasteiger partial charge in [0.1, 0.15) is 17.3 Å². The van der Waals surface area contributed by atoms with E-state index in [-0.39, 0.29) is 18.2 Å². The molecule has 3 aromatic rings. The number of aromatic nitrogens is 2. The molecule has 1 atom stereocenters. The Labute approximate surface area is 169 Å². The number of halogens is 3. The zero-order valence-electron chi connectivity index (χ0n) is 16.3. The second-order valence-corrected chi connectivity index (χ2v) is 7.57. The lowest BCUT2D eigenvalue weighted by Crippen LogP contribution is -2.29. The molecule has 2 aromatic heterocycles. The summed E-state index contributed by atoms with van der Waals surface area (Å²) in [6.07, 6.45) is 6.88. The fourth-order valence-corrected chi connectivity index (χ4v) is 3.67. The van der Waals surface area contributed by atoms with E-state index >= 15 is 0 Å². The van der Waals surface area contributed by atoms with Crippen LogP contribution in [0.15, 0.2) is 30.5 Å². The number of hydrogen-bond acceptors (Lipinski definition) is 2. The Kier molecular flexibility index (Phi) is 7.03. The number of H-pyrrole nitrogens is 1. The Morgan fingerprint density at radius 3 is 2.50 bits per heavy atom. The second-order valence-electron chi connectivity index (χ2n) is 7.17. The smallest absolute Gasteiger partial charge is 0.139 e. The maximum absolute atomic E-state index is 14.7. The van der Waals surface area contributed by atoms with Crippen molar-refractivity contribution in [2.45, 2.75) is 58.5 Å². The molecule has 1 aromatic carbocycles. The molecule has 2 heterocycles. The SMILES string of the molecule is CCCCC(CCC)NCc1c(F)cc(-c2cc3c(Cl)ccnc3[nH]2)cc1F. The Morgan fingerprint density at radius 1 is 1.11 bits per heavy atom. The Balaban J connectivity index is 1.81. The highest BCUT2D eigenvalue weighted by Crippen LogP contribution is 2.29. The van der Waals surface area contributed by atoms with Crippen LogP contribution in [0.3, 0.4) is 0 Å². The minimum Gasteiger partial charge on any atom is -0.339 e.